The zero-order valence-electron chi connectivity index (χ0n) is 18.8. The SMILES string of the molecule is COc1ccc(-c2cc(C(N)=O)c3[nH]c4cc(C(=O)N5CCS(=O)(=O)CC5)ccc4c3c2)cc1F. The number of hydrogen-bond acceptors (Lipinski definition) is 5. The van der Waals surface area contributed by atoms with Crippen molar-refractivity contribution in [3.63, 3.8) is 0 Å². The number of H-pyrrole nitrogens is 1. The van der Waals surface area contributed by atoms with Crippen molar-refractivity contribution in [3.05, 3.63) is 65.5 Å². The van der Waals surface area contributed by atoms with Crippen molar-refractivity contribution < 1.29 is 27.1 Å². The highest BCUT2D eigenvalue weighted by atomic mass is 32.2. The Hall–Kier alpha value is -3.92. The van der Waals surface area contributed by atoms with E-state index < -0.39 is 21.6 Å². The summed E-state index contributed by atoms with van der Waals surface area (Å²) >= 11 is 0. The Morgan fingerprint density at radius 3 is 2.40 bits per heavy atom. The number of fused-ring (bicyclic) bond motifs is 3. The van der Waals surface area contributed by atoms with Gasteiger partial charge in [-0.2, -0.15) is 0 Å². The van der Waals surface area contributed by atoms with E-state index in [1.165, 1.54) is 24.1 Å². The molecule has 0 unspecified atom stereocenters. The van der Waals surface area contributed by atoms with E-state index >= 15 is 0 Å². The molecule has 3 aromatic carbocycles. The maximum Gasteiger partial charge on any atom is 0.253 e. The van der Waals surface area contributed by atoms with Crippen LogP contribution in [-0.4, -0.2) is 61.8 Å². The smallest absolute Gasteiger partial charge is 0.253 e. The van der Waals surface area contributed by atoms with E-state index in [4.69, 9.17) is 10.5 Å². The zero-order valence-corrected chi connectivity index (χ0v) is 19.6. The van der Waals surface area contributed by atoms with Crippen LogP contribution in [0.5, 0.6) is 5.75 Å². The average Bonchev–Trinajstić information content (AvgIpc) is 3.20. The van der Waals surface area contributed by atoms with Crippen molar-refractivity contribution in [1.82, 2.24) is 9.88 Å². The molecular formula is C25H22FN3O5S. The van der Waals surface area contributed by atoms with E-state index in [1.54, 1.807) is 30.3 Å². The molecule has 1 aliphatic heterocycles. The number of primary amides is 1. The van der Waals surface area contributed by atoms with Crippen LogP contribution in [0.25, 0.3) is 32.9 Å². The lowest BCUT2D eigenvalue weighted by Gasteiger charge is -2.26. The number of carbonyl (C=O) groups is 2. The van der Waals surface area contributed by atoms with Crippen molar-refractivity contribution in [2.24, 2.45) is 5.73 Å². The molecule has 180 valence electrons. The minimum Gasteiger partial charge on any atom is -0.494 e. The highest BCUT2D eigenvalue weighted by Gasteiger charge is 2.26. The third kappa shape index (κ3) is 4.10. The molecule has 8 nitrogen and oxygen atoms in total. The van der Waals surface area contributed by atoms with Crippen LogP contribution in [0.1, 0.15) is 20.7 Å². The number of sulfone groups is 1. The predicted octanol–water partition coefficient (Wildman–Crippen LogP) is 3.11. The fourth-order valence-electron chi connectivity index (χ4n) is 4.44. The van der Waals surface area contributed by atoms with Gasteiger partial charge in [0.2, 0.25) is 0 Å². The number of rotatable bonds is 4. The maximum absolute atomic E-state index is 14.3. The van der Waals surface area contributed by atoms with Crippen molar-refractivity contribution in [1.29, 1.82) is 0 Å². The molecule has 0 bridgehead atoms. The summed E-state index contributed by atoms with van der Waals surface area (Å²) in [7, 11) is -1.72. The molecule has 0 spiro atoms. The lowest BCUT2D eigenvalue weighted by molar-refractivity contribution is 0.0770. The van der Waals surface area contributed by atoms with Crippen molar-refractivity contribution >= 4 is 43.5 Å². The third-order valence-corrected chi connectivity index (χ3v) is 7.95. The van der Waals surface area contributed by atoms with Crippen LogP contribution in [0, 0.1) is 5.82 Å². The van der Waals surface area contributed by atoms with Crippen LogP contribution in [0.4, 0.5) is 4.39 Å². The summed E-state index contributed by atoms with van der Waals surface area (Å²) in [6.07, 6.45) is 0. The van der Waals surface area contributed by atoms with E-state index in [0.29, 0.717) is 33.1 Å². The first-order valence-electron chi connectivity index (χ1n) is 10.9. The van der Waals surface area contributed by atoms with E-state index in [0.717, 1.165) is 5.39 Å². The molecule has 1 saturated heterocycles. The molecule has 1 fully saturated rings. The molecule has 0 aliphatic carbocycles. The number of hydrogen-bond donors (Lipinski definition) is 2. The summed E-state index contributed by atoms with van der Waals surface area (Å²) in [4.78, 5) is 30.0. The quantitative estimate of drug-likeness (QED) is 0.450. The number of nitrogens with one attached hydrogen (secondary N) is 1. The van der Waals surface area contributed by atoms with Gasteiger partial charge in [-0.1, -0.05) is 12.1 Å². The van der Waals surface area contributed by atoms with Crippen molar-refractivity contribution in [2.45, 2.75) is 0 Å². The summed E-state index contributed by atoms with van der Waals surface area (Å²) in [5.74, 6) is -1.43. The number of nitrogens with zero attached hydrogens (tertiary/aromatic N) is 1. The molecule has 35 heavy (non-hydrogen) atoms. The fraction of sp³-hybridized carbons (Fsp3) is 0.200. The van der Waals surface area contributed by atoms with Crippen LogP contribution in [0.2, 0.25) is 0 Å². The standard InChI is InChI=1S/C25H22FN3O5S/c1-34-22-5-3-14(12-20(22)26)16-10-18-17-4-2-15(25(31)29-6-8-35(32,33)9-7-29)13-21(17)28-23(18)19(11-16)24(27)30/h2-5,10-13,28H,6-9H2,1H3,(H2,27,30). The van der Waals surface area contributed by atoms with Crippen LogP contribution in [0.15, 0.2) is 48.5 Å². The van der Waals surface area contributed by atoms with Gasteiger partial charge in [0.05, 0.1) is 29.7 Å². The van der Waals surface area contributed by atoms with Crippen LogP contribution in [-0.2, 0) is 9.84 Å². The van der Waals surface area contributed by atoms with E-state index in [1.807, 2.05) is 6.07 Å². The normalized spacial score (nSPS) is 15.4. The third-order valence-electron chi connectivity index (χ3n) is 6.34. The second-order valence-corrected chi connectivity index (χ2v) is 10.8. The minimum atomic E-state index is -3.10. The van der Waals surface area contributed by atoms with Crippen LogP contribution < -0.4 is 10.5 Å². The Labute approximate surface area is 200 Å². The number of benzene rings is 3. The van der Waals surface area contributed by atoms with E-state index in [9.17, 15) is 22.4 Å². The summed E-state index contributed by atoms with van der Waals surface area (Å²) in [6.45, 7) is 0.305. The Morgan fingerprint density at radius 1 is 1.00 bits per heavy atom. The Bertz CT molecular complexity index is 1610. The molecule has 2 heterocycles. The number of nitrogens with two attached hydrogens (primary N) is 1. The Balaban J connectivity index is 1.59. The molecule has 1 aromatic heterocycles. The number of carbonyl (C=O) groups excluding carboxylic acids is 2. The number of amides is 2. The van der Waals surface area contributed by atoms with Gasteiger partial charge in [-0.25, -0.2) is 12.8 Å². The predicted molar refractivity (Wildman–Crippen MR) is 131 cm³/mol. The first kappa shape index (κ1) is 22.9. The van der Waals surface area contributed by atoms with Gasteiger partial charge in [0.25, 0.3) is 11.8 Å². The van der Waals surface area contributed by atoms with Gasteiger partial charge in [-0.3, -0.25) is 9.59 Å². The molecule has 0 atom stereocenters. The minimum absolute atomic E-state index is 0.0515. The molecule has 2 amide bonds. The number of ether oxygens (including phenoxy) is 1. The second kappa shape index (κ2) is 8.38. The summed E-state index contributed by atoms with van der Waals surface area (Å²) in [5.41, 5.74) is 8.58. The number of halogens is 1. The Kier molecular flexibility index (Phi) is 5.47. The lowest BCUT2D eigenvalue weighted by atomic mass is 9.98. The summed E-state index contributed by atoms with van der Waals surface area (Å²) in [5, 5.41) is 1.46. The molecule has 1 aliphatic rings. The summed E-state index contributed by atoms with van der Waals surface area (Å²) < 4.78 is 42.7. The van der Waals surface area contributed by atoms with Crippen LogP contribution >= 0.6 is 0 Å². The fourth-order valence-corrected chi connectivity index (χ4v) is 5.65. The molecule has 4 aromatic rings. The molecule has 5 rings (SSSR count). The molecule has 3 N–H and O–H groups in total. The molecule has 0 radical (unpaired) electrons. The average molecular weight is 496 g/mol. The van der Waals surface area contributed by atoms with Gasteiger partial charge in [0.1, 0.15) is 0 Å². The lowest BCUT2D eigenvalue weighted by Crippen LogP contribution is -2.43. The number of aromatic amines is 1. The van der Waals surface area contributed by atoms with Crippen molar-refractivity contribution in [2.75, 3.05) is 31.7 Å². The molecule has 10 heteroatoms. The monoisotopic (exact) mass is 495 g/mol. The molecule has 0 saturated carbocycles. The molecular weight excluding hydrogens is 473 g/mol. The number of aromatic nitrogens is 1. The summed E-state index contributed by atoms with van der Waals surface area (Å²) in [6, 6.07) is 13.1. The Morgan fingerprint density at radius 2 is 1.74 bits per heavy atom. The van der Waals surface area contributed by atoms with Gasteiger partial charge in [-0.15, -0.1) is 0 Å². The topological polar surface area (TPSA) is 123 Å². The van der Waals surface area contributed by atoms with Gasteiger partial charge < -0.3 is 20.4 Å². The largest absolute Gasteiger partial charge is 0.494 e. The van der Waals surface area contributed by atoms with Crippen molar-refractivity contribution in [3.8, 4) is 16.9 Å². The van der Waals surface area contributed by atoms with Gasteiger partial charge in [0.15, 0.2) is 21.4 Å². The number of methoxy groups -OCH3 is 1. The zero-order chi connectivity index (χ0) is 24.9. The highest BCUT2D eigenvalue weighted by molar-refractivity contribution is 7.91. The van der Waals surface area contributed by atoms with E-state index in [2.05, 4.69) is 4.98 Å². The first-order valence-corrected chi connectivity index (χ1v) is 12.7. The van der Waals surface area contributed by atoms with Crippen LogP contribution in [0.3, 0.4) is 0 Å². The van der Waals surface area contributed by atoms with E-state index in [-0.39, 0.29) is 41.8 Å². The highest BCUT2D eigenvalue weighted by Crippen LogP contribution is 2.34. The van der Waals surface area contributed by atoms with Gasteiger partial charge in [-0.05, 0) is 47.5 Å². The second-order valence-electron chi connectivity index (χ2n) is 8.49. The maximum atomic E-state index is 14.3. The first-order chi connectivity index (χ1) is 16.7. The van der Waals surface area contributed by atoms with Gasteiger partial charge >= 0.3 is 0 Å². The van der Waals surface area contributed by atoms with Gasteiger partial charge in [0, 0.05) is 34.9 Å².